The molecule has 3 rings (SSSR count). The monoisotopic (exact) mass is 359 g/mol. The predicted octanol–water partition coefficient (Wildman–Crippen LogP) is 3.50. The van der Waals surface area contributed by atoms with Gasteiger partial charge in [-0.1, -0.05) is 42.8 Å². The van der Waals surface area contributed by atoms with Crippen molar-refractivity contribution in [3.05, 3.63) is 45.5 Å². The summed E-state index contributed by atoms with van der Waals surface area (Å²) >= 11 is 1.56. The minimum absolute atomic E-state index is 0.418. The van der Waals surface area contributed by atoms with E-state index in [-0.39, 0.29) is 0 Å². The number of thioether (sulfide) groups is 1. The zero-order valence-corrected chi connectivity index (χ0v) is 15.4. The number of fused-ring (bicyclic) bond motifs is 2. The number of rotatable bonds is 6. The summed E-state index contributed by atoms with van der Waals surface area (Å²) in [4.78, 5) is 12.5. The third-order valence-electron chi connectivity index (χ3n) is 4.55. The fourth-order valence-electron chi connectivity index (χ4n) is 3.26. The minimum Gasteiger partial charge on any atom is -0.493 e. The first-order chi connectivity index (χ1) is 12.1. The van der Waals surface area contributed by atoms with Gasteiger partial charge in [0.2, 0.25) is 0 Å². The molecule has 0 saturated carbocycles. The molecule has 0 aromatic heterocycles. The quantitative estimate of drug-likeness (QED) is 0.678. The van der Waals surface area contributed by atoms with Gasteiger partial charge in [-0.3, -0.25) is 0 Å². The molecule has 2 amide bonds. The topological polar surface area (TPSA) is 90.4 Å². The van der Waals surface area contributed by atoms with Crippen molar-refractivity contribution in [2.75, 3.05) is 13.2 Å². The lowest BCUT2D eigenvalue weighted by Gasteiger charge is -2.30. The zero-order valence-electron chi connectivity index (χ0n) is 14.6. The second-order valence-corrected chi connectivity index (χ2v) is 7.35. The molecule has 6 heteroatoms. The molecule has 0 atom stereocenters. The van der Waals surface area contributed by atoms with Crippen LogP contribution in [-0.4, -0.2) is 19.2 Å². The number of carbonyl (C=O) groups is 1. The fourth-order valence-corrected chi connectivity index (χ4v) is 4.57. The highest BCUT2D eigenvalue weighted by Gasteiger charge is 2.29. The average molecular weight is 359 g/mol. The average Bonchev–Trinajstić information content (AvgIpc) is 2.60. The summed E-state index contributed by atoms with van der Waals surface area (Å²) in [6.45, 7) is 3.29. The van der Waals surface area contributed by atoms with E-state index in [0.717, 1.165) is 55.1 Å². The molecular weight excluding hydrogens is 334 g/mol. The third-order valence-corrected chi connectivity index (χ3v) is 5.84. The lowest BCUT2D eigenvalue weighted by Crippen LogP contribution is -2.30. The van der Waals surface area contributed by atoms with Gasteiger partial charge in [0.1, 0.15) is 5.75 Å². The van der Waals surface area contributed by atoms with Crippen LogP contribution in [0.4, 0.5) is 4.79 Å². The number of nitrogens with one attached hydrogen (secondary N) is 1. The van der Waals surface area contributed by atoms with Crippen molar-refractivity contribution in [2.45, 2.75) is 39.0 Å². The number of ether oxygens (including phenoxy) is 1. The maximum absolute atomic E-state index is 11.4. The summed E-state index contributed by atoms with van der Waals surface area (Å²) < 4.78 is 6.06. The van der Waals surface area contributed by atoms with Gasteiger partial charge in [0.15, 0.2) is 0 Å². The van der Waals surface area contributed by atoms with E-state index in [4.69, 9.17) is 16.2 Å². The summed E-state index contributed by atoms with van der Waals surface area (Å²) in [6, 6.07) is 5.70. The van der Waals surface area contributed by atoms with Gasteiger partial charge in [-0.25, -0.2) is 4.79 Å². The number of benzene rings is 1. The number of nitrogens with two attached hydrogens (primary N) is 2. The number of amides is 2. The molecule has 5 nitrogen and oxygen atoms in total. The van der Waals surface area contributed by atoms with Gasteiger partial charge in [-0.2, -0.15) is 0 Å². The number of unbranched alkanes of at least 4 members (excludes halogenated alkanes) is 1. The fraction of sp³-hybridized carbons (Fsp3) is 0.421. The second kappa shape index (κ2) is 7.97. The Hall–Kier alpha value is -1.92. The van der Waals surface area contributed by atoms with Crippen LogP contribution in [0.1, 0.15) is 43.7 Å². The van der Waals surface area contributed by atoms with E-state index in [0.29, 0.717) is 6.54 Å². The van der Waals surface area contributed by atoms with E-state index in [1.807, 2.05) is 6.07 Å². The van der Waals surface area contributed by atoms with Gasteiger partial charge < -0.3 is 21.5 Å². The van der Waals surface area contributed by atoms with Crippen molar-refractivity contribution in [1.82, 2.24) is 5.32 Å². The van der Waals surface area contributed by atoms with Crippen molar-refractivity contribution >= 4 is 22.7 Å². The van der Waals surface area contributed by atoms with E-state index in [1.165, 1.54) is 21.6 Å². The molecule has 1 aromatic carbocycles. The van der Waals surface area contributed by atoms with Crippen molar-refractivity contribution in [3.8, 4) is 5.75 Å². The molecule has 0 radical (unpaired) electrons. The van der Waals surface area contributed by atoms with Gasteiger partial charge in [0.25, 0.3) is 0 Å². The number of urea groups is 1. The Bertz CT molecular complexity index is 740. The third kappa shape index (κ3) is 3.85. The Morgan fingerprint density at radius 1 is 1.36 bits per heavy atom. The first kappa shape index (κ1) is 17.9. The van der Waals surface area contributed by atoms with Crippen LogP contribution in [0.25, 0.3) is 4.91 Å². The molecule has 0 saturated heterocycles. The molecule has 5 N–H and O–H groups in total. The lowest BCUT2D eigenvalue weighted by atomic mass is 9.88. The summed E-state index contributed by atoms with van der Waals surface area (Å²) in [5.41, 5.74) is 16.1. The number of hydrogen-bond donors (Lipinski definition) is 3. The number of aryl methyl sites for hydroxylation is 1. The zero-order chi connectivity index (χ0) is 17.8. The van der Waals surface area contributed by atoms with Gasteiger partial charge in [0, 0.05) is 17.0 Å². The van der Waals surface area contributed by atoms with E-state index in [2.05, 4.69) is 24.4 Å². The second-order valence-electron chi connectivity index (χ2n) is 6.33. The Morgan fingerprint density at radius 3 is 2.92 bits per heavy atom. The van der Waals surface area contributed by atoms with E-state index in [9.17, 15) is 4.79 Å². The maximum Gasteiger partial charge on any atom is 0.317 e. The smallest absolute Gasteiger partial charge is 0.317 e. The highest BCUT2D eigenvalue weighted by atomic mass is 32.2. The van der Waals surface area contributed by atoms with Crippen LogP contribution >= 0.6 is 11.8 Å². The first-order valence-corrected chi connectivity index (χ1v) is 9.59. The van der Waals surface area contributed by atoms with Crippen molar-refractivity contribution in [2.24, 2.45) is 11.5 Å². The summed E-state index contributed by atoms with van der Waals surface area (Å²) in [5, 5.41) is 3.51. The molecule has 1 aliphatic heterocycles. The van der Waals surface area contributed by atoms with Crippen LogP contribution in [0.3, 0.4) is 0 Å². The van der Waals surface area contributed by atoms with Crippen molar-refractivity contribution in [1.29, 1.82) is 0 Å². The number of carbonyl (C=O) groups excluding carboxylic acids is 1. The molecule has 1 aromatic rings. The molecule has 25 heavy (non-hydrogen) atoms. The molecule has 2 aliphatic rings. The first-order valence-electron chi connectivity index (χ1n) is 8.77. The van der Waals surface area contributed by atoms with Gasteiger partial charge >= 0.3 is 6.03 Å². The standard InChI is InChI=1S/C19H25N3O2S/c1-2-3-9-24-15-6-4-5-12-7-8-13-10-14(11-20)18(22-19(21)23)25-17(13)16(12)15/h4-6H,2-3,7-11,20H2,1H3,(H3,21,22,23). The SMILES string of the molecule is CCCCOc1cccc2c1C1=C(CC2)CC(CN)=C(NC(N)=O)S1. The molecule has 1 heterocycles. The van der Waals surface area contributed by atoms with Crippen molar-refractivity contribution < 1.29 is 9.53 Å². The van der Waals surface area contributed by atoms with E-state index in [1.54, 1.807) is 11.8 Å². The summed E-state index contributed by atoms with van der Waals surface area (Å²) in [6.07, 6.45) is 4.95. The number of hydrogen-bond acceptors (Lipinski definition) is 4. The minimum atomic E-state index is -0.555. The summed E-state index contributed by atoms with van der Waals surface area (Å²) in [7, 11) is 0. The summed E-state index contributed by atoms with van der Waals surface area (Å²) in [5.74, 6) is 0.931. The van der Waals surface area contributed by atoms with Crippen LogP contribution < -0.4 is 21.5 Å². The van der Waals surface area contributed by atoms with Gasteiger partial charge in [-0.15, -0.1) is 0 Å². The highest BCUT2D eigenvalue weighted by Crippen LogP contribution is 2.50. The highest BCUT2D eigenvalue weighted by molar-refractivity contribution is 8.11. The Kier molecular flexibility index (Phi) is 5.71. The van der Waals surface area contributed by atoms with Gasteiger partial charge in [-0.05, 0) is 42.9 Å². The molecule has 0 spiro atoms. The Labute approximate surface area is 152 Å². The molecule has 0 bridgehead atoms. The predicted molar refractivity (Wildman–Crippen MR) is 103 cm³/mol. The van der Waals surface area contributed by atoms with E-state index >= 15 is 0 Å². The molecule has 134 valence electrons. The molecule has 1 aliphatic carbocycles. The normalized spacial score (nSPS) is 16.4. The van der Waals surface area contributed by atoms with Crippen molar-refractivity contribution in [3.63, 3.8) is 0 Å². The molecular formula is C19H25N3O2S. The Balaban J connectivity index is 1.94. The largest absolute Gasteiger partial charge is 0.493 e. The van der Waals surface area contributed by atoms with Crippen LogP contribution in [0.15, 0.2) is 34.4 Å². The van der Waals surface area contributed by atoms with Crippen LogP contribution in [0.5, 0.6) is 5.75 Å². The van der Waals surface area contributed by atoms with E-state index < -0.39 is 6.03 Å². The van der Waals surface area contributed by atoms with Crippen LogP contribution in [0, 0.1) is 0 Å². The van der Waals surface area contributed by atoms with Crippen LogP contribution in [-0.2, 0) is 6.42 Å². The molecule has 0 unspecified atom stereocenters. The molecule has 0 fully saturated rings. The Morgan fingerprint density at radius 2 is 2.20 bits per heavy atom. The van der Waals surface area contributed by atoms with Gasteiger partial charge in [0.05, 0.1) is 11.6 Å². The lowest BCUT2D eigenvalue weighted by molar-refractivity contribution is 0.251. The number of primary amides is 1. The maximum atomic E-state index is 11.4. The van der Waals surface area contributed by atoms with Crippen LogP contribution in [0.2, 0.25) is 0 Å². The number of allylic oxidation sites excluding steroid dienone is 1.